The van der Waals surface area contributed by atoms with E-state index in [1.807, 2.05) is 6.92 Å². The van der Waals surface area contributed by atoms with Gasteiger partial charge in [-0.3, -0.25) is 13.9 Å². The predicted molar refractivity (Wildman–Crippen MR) is 71.7 cm³/mol. The number of carbonyl (C=O) groups is 2. The average Bonchev–Trinajstić information content (AvgIpc) is 2.12. The molecule has 0 spiro atoms. The molecular weight excluding hydrogens is 270 g/mol. The molecular formula is C11H19NO4SSi. The van der Waals surface area contributed by atoms with Gasteiger partial charge in [-0.2, -0.15) is 0 Å². The van der Waals surface area contributed by atoms with E-state index in [9.17, 15) is 9.59 Å². The van der Waals surface area contributed by atoms with Gasteiger partial charge in [0.2, 0.25) is 0 Å². The minimum Gasteiger partial charge on any atom is -0.413 e. The third-order valence-corrected chi connectivity index (χ3v) is 5.82. The lowest BCUT2D eigenvalue weighted by molar-refractivity contribution is -0.162. The van der Waals surface area contributed by atoms with Crippen LogP contribution in [0.5, 0.6) is 0 Å². The summed E-state index contributed by atoms with van der Waals surface area (Å²) in [5.74, 6) is -0.0189. The maximum absolute atomic E-state index is 11.9. The van der Waals surface area contributed by atoms with Gasteiger partial charge in [-0.1, -0.05) is 0 Å². The Kier molecular flexibility index (Phi) is 3.38. The molecule has 3 heterocycles. The highest BCUT2D eigenvalue weighted by molar-refractivity contribution is 8.03. The second-order valence-corrected chi connectivity index (χ2v) is 11.4. The number of rotatable bonds is 6. The van der Waals surface area contributed by atoms with Crippen LogP contribution in [0.25, 0.3) is 0 Å². The number of hydrogen-bond acceptors (Lipinski definition) is 5. The number of ketones is 1. The zero-order chi connectivity index (χ0) is 13.7. The SMILES string of the molecule is COCC(=O)[C@H]1N2S[C@]1([C@@H](C)O[Si](C)(C)C)C2=O. The van der Waals surface area contributed by atoms with Gasteiger partial charge in [-0.15, -0.1) is 0 Å². The van der Waals surface area contributed by atoms with Crippen LogP contribution >= 0.6 is 11.9 Å². The number of Topliss-reactive ketones (excluding diaryl/α,β-unsaturated/α-hetero) is 1. The van der Waals surface area contributed by atoms with Gasteiger partial charge in [0.1, 0.15) is 12.6 Å². The molecule has 0 aromatic rings. The van der Waals surface area contributed by atoms with Gasteiger partial charge < -0.3 is 9.16 Å². The molecule has 3 fully saturated rings. The predicted octanol–water partition coefficient (Wildman–Crippen LogP) is 1.05. The fourth-order valence-electron chi connectivity index (χ4n) is 2.45. The van der Waals surface area contributed by atoms with E-state index in [-0.39, 0.29) is 30.4 Å². The zero-order valence-electron chi connectivity index (χ0n) is 11.4. The molecule has 2 bridgehead atoms. The Morgan fingerprint density at radius 1 is 1.56 bits per heavy atom. The van der Waals surface area contributed by atoms with E-state index in [1.54, 1.807) is 0 Å². The zero-order valence-corrected chi connectivity index (χ0v) is 13.2. The van der Waals surface area contributed by atoms with Crippen molar-refractivity contribution in [3.05, 3.63) is 0 Å². The largest absolute Gasteiger partial charge is 0.413 e. The summed E-state index contributed by atoms with van der Waals surface area (Å²) in [6.07, 6.45) is -0.225. The van der Waals surface area contributed by atoms with Gasteiger partial charge in [0.05, 0.1) is 6.10 Å². The molecule has 0 saturated carbocycles. The van der Waals surface area contributed by atoms with Crippen LogP contribution in [0, 0.1) is 0 Å². The van der Waals surface area contributed by atoms with Gasteiger partial charge in [0.25, 0.3) is 5.91 Å². The molecule has 0 aromatic carbocycles. The number of amides is 1. The monoisotopic (exact) mass is 289 g/mol. The van der Waals surface area contributed by atoms with Crippen molar-refractivity contribution in [3.63, 3.8) is 0 Å². The van der Waals surface area contributed by atoms with Crippen molar-refractivity contribution in [1.29, 1.82) is 0 Å². The molecule has 0 N–H and O–H groups in total. The number of ether oxygens (including phenoxy) is 1. The van der Waals surface area contributed by atoms with Crippen molar-refractivity contribution in [2.75, 3.05) is 13.7 Å². The molecule has 5 nitrogen and oxygen atoms in total. The third kappa shape index (κ3) is 1.84. The van der Waals surface area contributed by atoms with Crippen molar-refractivity contribution < 1.29 is 18.8 Å². The summed E-state index contributed by atoms with van der Waals surface area (Å²) in [5, 5.41) is 0. The fourth-order valence-corrected chi connectivity index (χ4v) is 5.15. The van der Waals surface area contributed by atoms with Gasteiger partial charge in [0.15, 0.2) is 18.8 Å². The minimum absolute atomic E-state index is 0.0210. The highest BCUT2D eigenvalue weighted by atomic mass is 32.2. The summed E-state index contributed by atoms with van der Waals surface area (Å²) in [7, 11) is -0.240. The maximum Gasteiger partial charge on any atom is 0.256 e. The summed E-state index contributed by atoms with van der Waals surface area (Å²) >= 11 is 1.43. The van der Waals surface area contributed by atoms with E-state index >= 15 is 0 Å². The normalized spacial score (nSPS) is 31.7. The molecule has 0 radical (unpaired) electrons. The van der Waals surface area contributed by atoms with Crippen LogP contribution in [0.3, 0.4) is 0 Å². The first-order chi connectivity index (χ1) is 8.24. The van der Waals surface area contributed by atoms with Crippen molar-refractivity contribution in [2.24, 2.45) is 0 Å². The number of nitrogens with zero attached hydrogens (tertiary/aromatic N) is 1. The Hall–Kier alpha value is -0.373. The van der Waals surface area contributed by atoms with Crippen molar-refractivity contribution >= 4 is 32.0 Å². The van der Waals surface area contributed by atoms with E-state index in [4.69, 9.17) is 9.16 Å². The number of carbonyl (C=O) groups excluding carboxylic acids is 2. The third-order valence-electron chi connectivity index (χ3n) is 3.15. The van der Waals surface area contributed by atoms with E-state index in [2.05, 4.69) is 19.6 Å². The molecule has 3 atom stereocenters. The summed E-state index contributed by atoms with van der Waals surface area (Å²) in [4.78, 5) is 23.8. The van der Waals surface area contributed by atoms with Crippen molar-refractivity contribution in [1.82, 2.24) is 4.31 Å². The summed E-state index contributed by atoms with van der Waals surface area (Å²) < 4.78 is 11.7. The number of β-lactam (4-membered cyclic amide) rings is 1. The number of methoxy groups -OCH3 is 1. The molecule has 0 unspecified atom stereocenters. The van der Waals surface area contributed by atoms with E-state index in [0.29, 0.717) is 0 Å². The Balaban J connectivity index is 2.10. The first kappa shape index (κ1) is 14.0. The van der Waals surface area contributed by atoms with Crippen molar-refractivity contribution in [3.8, 4) is 0 Å². The van der Waals surface area contributed by atoms with Crippen LogP contribution < -0.4 is 0 Å². The van der Waals surface area contributed by atoms with Gasteiger partial charge in [0, 0.05) is 7.11 Å². The second kappa shape index (κ2) is 4.33. The molecule has 18 heavy (non-hydrogen) atoms. The lowest BCUT2D eigenvalue weighted by Crippen LogP contribution is -2.87. The summed E-state index contributed by atoms with van der Waals surface area (Å²) in [6, 6.07) is -0.360. The summed E-state index contributed by atoms with van der Waals surface area (Å²) in [6.45, 7) is 8.19. The maximum atomic E-state index is 11.9. The first-order valence-corrected chi connectivity index (χ1v) is 10.1. The van der Waals surface area contributed by atoms with Crippen LogP contribution in [0.2, 0.25) is 19.6 Å². The molecule has 0 aliphatic carbocycles. The van der Waals surface area contributed by atoms with Crippen LogP contribution in [-0.4, -0.2) is 54.9 Å². The standard InChI is InChI=1S/C11H19NO4SSi/c1-7(16-18(3,4)5)11-9(8(13)6-15-2)12(17-11)10(11)14/h7,9H,6H2,1-5H3/t7-,9-,11+/m1/s1. The van der Waals surface area contributed by atoms with E-state index in [0.717, 1.165) is 0 Å². The minimum atomic E-state index is -1.73. The van der Waals surface area contributed by atoms with Gasteiger partial charge >= 0.3 is 0 Å². The van der Waals surface area contributed by atoms with E-state index in [1.165, 1.54) is 23.4 Å². The Labute approximate surface area is 112 Å². The second-order valence-electron chi connectivity index (χ2n) is 5.69. The molecule has 3 aliphatic rings. The molecule has 3 aliphatic heterocycles. The average molecular weight is 289 g/mol. The molecule has 7 heteroatoms. The topological polar surface area (TPSA) is 55.8 Å². The quantitative estimate of drug-likeness (QED) is 0.416. The number of hydrogen-bond donors (Lipinski definition) is 0. The smallest absolute Gasteiger partial charge is 0.256 e. The lowest BCUT2D eigenvalue weighted by atomic mass is 9.81. The fraction of sp³-hybridized carbons (Fsp3) is 0.818. The summed E-state index contributed by atoms with van der Waals surface area (Å²) in [5.41, 5.74) is 0. The van der Waals surface area contributed by atoms with Crippen LogP contribution in [-0.2, 0) is 18.8 Å². The molecule has 1 amide bonds. The Morgan fingerprint density at radius 2 is 2.17 bits per heavy atom. The molecule has 0 aromatic heterocycles. The van der Waals surface area contributed by atoms with Crippen molar-refractivity contribution in [2.45, 2.75) is 43.5 Å². The van der Waals surface area contributed by atoms with Gasteiger partial charge in [-0.25, -0.2) is 0 Å². The van der Waals surface area contributed by atoms with Crippen LogP contribution in [0.15, 0.2) is 0 Å². The van der Waals surface area contributed by atoms with Crippen LogP contribution in [0.4, 0.5) is 0 Å². The lowest BCUT2D eigenvalue weighted by Gasteiger charge is -2.67. The molecule has 3 rings (SSSR count). The molecule has 3 saturated heterocycles. The van der Waals surface area contributed by atoms with E-state index < -0.39 is 13.1 Å². The Bertz CT molecular complexity index is 397. The highest BCUT2D eigenvalue weighted by Gasteiger charge is 2.79. The Morgan fingerprint density at radius 3 is 2.56 bits per heavy atom. The van der Waals surface area contributed by atoms with Crippen LogP contribution in [0.1, 0.15) is 6.92 Å². The van der Waals surface area contributed by atoms with Gasteiger partial charge in [-0.05, 0) is 38.5 Å². The first-order valence-electron chi connectivity index (χ1n) is 5.96. The molecule has 102 valence electrons. The highest BCUT2D eigenvalue weighted by Crippen LogP contribution is 2.63.